The average molecular weight is 341 g/mol. The molecule has 0 unspecified atom stereocenters. The minimum absolute atomic E-state index is 0.227. The van der Waals surface area contributed by atoms with Crippen LogP contribution in [-0.4, -0.2) is 44.1 Å². The van der Waals surface area contributed by atoms with Gasteiger partial charge in [-0.2, -0.15) is 9.61 Å². The van der Waals surface area contributed by atoms with Gasteiger partial charge in [-0.05, 0) is 33.1 Å². The van der Waals surface area contributed by atoms with Gasteiger partial charge < -0.3 is 14.5 Å². The Morgan fingerprint density at radius 1 is 1.20 bits per heavy atom. The number of hydrogen-bond donors (Lipinski definition) is 1. The molecule has 1 aliphatic heterocycles. The lowest BCUT2D eigenvalue weighted by Crippen LogP contribution is -2.43. The normalized spacial score (nSPS) is 21.2. The van der Waals surface area contributed by atoms with Crippen LogP contribution in [0.3, 0.4) is 0 Å². The van der Waals surface area contributed by atoms with Crippen LogP contribution in [0.25, 0.3) is 17.0 Å². The van der Waals surface area contributed by atoms with Gasteiger partial charge in [-0.1, -0.05) is 12.1 Å². The first kappa shape index (κ1) is 16.1. The van der Waals surface area contributed by atoms with E-state index in [2.05, 4.69) is 28.9 Å². The van der Waals surface area contributed by atoms with Crippen LogP contribution in [0.4, 0.5) is 5.82 Å². The Morgan fingerprint density at radius 3 is 2.68 bits per heavy atom. The lowest BCUT2D eigenvalue weighted by molar-refractivity contribution is 0.0967. The highest BCUT2D eigenvalue weighted by Crippen LogP contribution is 2.30. The van der Waals surface area contributed by atoms with Gasteiger partial charge in [0, 0.05) is 36.5 Å². The molecule has 0 radical (unpaired) electrons. The van der Waals surface area contributed by atoms with Gasteiger partial charge in [0.15, 0.2) is 5.65 Å². The first-order valence-corrected chi connectivity index (χ1v) is 8.67. The fourth-order valence-electron chi connectivity index (χ4n) is 3.49. The van der Waals surface area contributed by atoms with Crippen molar-refractivity contribution in [2.45, 2.75) is 40.2 Å². The summed E-state index contributed by atoms with van der Waals surface area (Å²) in [6.45, 7) is 9.67. The van der Waals surface area contributed by atoms with Gasteiger partial charge in [0.2, 0.25) is 0 Å². The zero-order valence-electron chi connectivity index (χ0n) is 15.0. The molecule has 4 heterocycles. The minimum atomic E-state index is -0.235. The molecule has 0 amide bonds. The highest BCUT2D eigenvalue weighted by molar-refractivity contribution is 5.65. The number of nitrogens with zero attached hydrogens (tertiary/aromatic N) is 5. The summed E-state index contributed by atoms with van der Waals surface area (Å²) >= 11 is 0. The number of piperidine rings is 1. The van der Waals surface area contributed by atoms with Crippen LogP contribution >= 0.6 is 0 Å². The molecule has 0 bridgehead atoms. The van der Waals surface area contributed by atoms with E-state index in [1.807, 2.05) is 30.5 Å². The molecule has 4 rings (SSSR count). The molecular weight excluding hydrogens is 318 g/mol. The Balaban J connectivity index is 1.84. The maximum atomic E-state index is 10.1. The Labute approximate surface area is 146 Å². The SMILES string of the molecule is Cc1cc(-c2cc3nc(C)c(C)c(N4CC[C@H](O)[C@@H](C)C4)n3n2)no1. The van der Waals surface area contributed by atoms with Crippen molar-refractivity contribution in [3.8, 4) is 11.4 Å². The zero-order valence-corrected chi connectivity index (χ0v) is 15.0. The molecule has 25 heavy (non-hydrogen) atoms. The molecule has 0 aliphatic carbocycles. The lowest BCUT2D eigenvalue weighted by atomic mass is 9.96. The Morgan fingerprint density at radius 2 is 2.00 bits per heavy atom. The van der Waals surface area contributed by atoms with E-state index in [-0.39, 0.29) is 12.0 Å². The topological polar surface area (TPSA) is 79.7 Å². The maximum Gasteiger partial charge on any atom is 0.158 e. The number of aryl methyl sites for hydroxylation is 2. The van der Waals surface area contributed by atoms with Gasteiger partial charge in [0.25, 0.3) is 0 Å². The molecule has 3 aromatic rings. The molecule has 1 saturated heterocycles. The van der Waals surface area contributed by atoms with E-state index in [9.17, 15) is 5.11 Å². The first-order valence-electron chi connectivity index (χ1n) is 8.67. The molecule has 7 heteroatoms. The second kappa shape index (κ2) is 5.84. The van der Waals surface area contributed by atoms with E-state index in [4.69, 9.17) is 9.62 Å². The monoisotopic (exact) mass is 341 g/mol. The Kier molecular flexibility index (Phi) is 3.76. The zero-order chi connectivity index (χ0) is 17.7. The van der Waals surface area contributed by atoms with Crippen molar-refractivity contribution in [2.24, 2.45) is 5.92 Å². The molecule has 2 atom stereocenters. The second-order valence-electron chi connectivity index (χ2n) is 7.05. The van der Waals surface area contributed by atoms with Crippen molar-refractivity contribution in [3.63, 3.8) is 0 Å². The average Bonchev–Trinajstić information content (AvgIpc) is 3.17. The molecule has 1 N–H and O–H groups in total. The third-order valence-electron chi connectivity index (χ3n) is 5.10. The summed E-state index contributed by atoms with van der Waals surface area (Å²) < 4.78 is 7.07. The maximum absolute atomic E-state index is 10.1. The van der Waals surface area contributed by atoms with Gasteiger partial charge >= 0.3 is 0 Å². The standard InChI is InChI=1S/C18H23N5O2/c1-10-9-22(6-5-16(10)24)18-12(3)13(4)19-17-8-14(20-23(17)18)15-7-11(2)25-21-15/h7-8,10,16,24H,5-6,9H2,1-4H3/t10-,16-/m0/s1. The molecule has 0 aromatic carbocycles. The van der Waals surface area contributed by atoms with Gasteiger partial charge in [0.05, 0.1) is 6.10 Å². The Hall–Kier alpha value is -2.41. The summed E-state index contributed by atoms with van der Waals surface area (Å²) in [7, 11) is 0. The van der Waals surface area contributed by atoms with Gasteiger partial charge in [0.1, 0.15) is 23.0 Å². The predicted octanol–water partition coefficient (Wildman–Crippen LogP) is 2.52. The smallest absolute Gasteiger partial charge is 0.158 e. The Bertz CT molecular complexity index is 929. The van der Waals surface area contributed by atoms with Crippen LogP contribution in [0, 0.1) is 26.7 Å². The number of anilines is 1. The minimum Gasteiger partial charge on any atom is -0.393 e. The summed E-state index contributed by atoms with van der Waals surface area (Å²) in [5.41, 5.74) is 4.37. The molecule has 132 valence electrons. The van der Waals surface area contributed by atoms with Crippen LogP contribution in [0.1, 0.15) is 30.4 Å². The van der Waals surface area contributed by atoms with Crippen LogP contribution in [0.5, 0.6) is 0 Å². The van der Waals surface area contributed by atoms with Gasteiger partial charge in [-0.15, -0.1) is 0 Å². The number of fused-ring (bicyclic) bond motifs is 1. The highest BCUT2D eigenvalue weighted by atomic mass is 16.5. The molecular formula is C18H23N5O2. The van der Waals surface area contributed by atoms with Crippen LogP contribution in [-0.2, 0) is 0 Å². The second-order valence-corrected chi connectivity index (χ2v) is 7.05. The first-order chi connectivity index (χ1) is 11.9. The summed E-state index contributed by atoms with van der Waals surface area (Å²) in [6.07, 6.45) is 0.529. The van der Waals surface area contributed by atoms with Crippen LogP contribution in [0.15, 0.2) is 16.7 Å². The number of aromatic nitrogens is 4. The molecule has 7 nitrogen and oxygen atoms in total. The third kappa shape index (κ3) is 2.68. The molecule has 1 aliphatic rings. The molecule has 3 aromatic heterocycles. The quantitative estimate of drug-likeness (QED) is 0.771. The van der Waals surface area contributed by atoms with E-state index in [1.165, 1.54) is 0 Å². The molecule has 0 spiro atoms. The van der Waals surface area contributed by atoms with Crippen molar-refractivity contribution in [2.75, 3.05) is 18.0 Å². The van der Waals surface area contributed by atoms with Crippen molar-refractivity contribution >= 4 is 11.5 Å². The van der Waals surface area contributed by atoms with Crippen molar-refractivity contribution in [3.05, 3.63) is 29.2 Å². The van der Waals surface area contributed by atoms with Gasteiger partial charge in [-0.25, -0.2) is 4.98 Å². The number of rotatable bonds is 2. The van der Waals surface area contributed by atoms with Crippen LogP contribution < -0.4 is 4.90 Å². The largest absolute Gasteiger partial charge is 0.393 e. The molecule has 1 fully saturated rings. The number of aliphatic hydroxyl groups excluding tert-OH is 1. The fourth-order valence-corrected chi connectivity index (χ4v) is 3.49. The summed E-state index contributed by atoms with van der Waals surface area (Å²) in [4.78, 5) is 6.99. The van der Waals surface area contributed by atoms with E-state index >= 15 is 0 Å². The molecule has 0 saturated carbocycles. The van der Waals surface area contributed by atoms with E-state index in [0.29, 0.717) is 5.69 Å². The van der Waals surface area contributed by atoms with E-state index in [0.717, 1.165) is 53.7 Å². The fraction of sp³-hybridized carbons (Fsp3) is 0.500. The number of hydrogen-bond acceptors (Lipinski definition) is 6. The van der Waals surface area contributed by atoms with E-state index < -0.39 is 0 Å². The lowest BCUT2D eigenvalue weighted by Gasteiger charge is -2.36. The van der Waals surface area contributed by atoms with Crippen molar-refractivity contribution in [1.29, 1.82) is 0 Å². The van der Waals surface area contributed by atoms with Gasteiger partial charge in [-0.3, -0.25) is 0 Å². The predicted molar refractivity (Wildman–Crippen MR) is 94.7 cm³/mol. The van der Waals surface area contributed by atoms with Crippen molar-refractivity contribution in [1.82, 2.24) is 19.8 Å². The summed E-state index contributed by atoms with van der Waals surface area (Å²) in [5, 5.41) is 18.9. The summed E-state index contributed by atoms with van der Waals surface area (Å²) in [5.74, 6) is 2.03. The number of aliphatic hydroxyl groups is 1. The highest BCUT2D eigenvalue weighted by Gasteiger charge is 2.28. The summed E-state index contributed by atoms with van der Waals surface area (Å²) in [6, 6.07) is 3.82. The van der Waals surface area contributed by atoms with E-state index in [1.54, 1.807) is 0 Å². The van der Waals surface area contributed by atoms with Crippen molar-refractivity contribution < 1.29 is 9.63 Å². The van der Waals surface area contributed by atoms with Crippen LogP contribution in [0.2, 0.25) is 0 Å². The third-order valence-corrected chi connectivity index (χ3v) is 5.10.